The summed E-state index contributed by atoms with van der Waals surface area (Å²) in [6.45, 7) is 0. The summed E-state index contributed by atoms with van der Waals surface area (Å²) >= 11 is 0. The lowest BCUT2D eigenvalue weighted by Crippen LogP contribution is -2.48. The number of hydrogen-bond acceptors (Lipinski definition) is 0. The van der Waals surface area contributed by atoms with Crippen molar-refractivity contribution >= 4 is 43.6 Å². The van der Waals surface area contributed by atoms with Crippen LogP contribution in [0.15, 0.2) is 279 Å². The van der Waals surface area contributed by atoms with Gasteiger partial charge in [-0.15, -0.1) is 0 Å². The average molecular weight is 1100 g/mol. The van der Waals surface area contributed by atoms with Gasteiger partial charge in [-0.1, -0.05) is 225 Å². The summed E-state index contributed by atoms with van der Waals surface area (Å²) in [7, 11) is 0. The van der Waals surface area contributed by atoms with Gasteiger partial charge in [-0.05, 0) is 205 Å². The third kappa shape index (κ3) is 6.73. The second kappa shape index (κ2) is 18.4. The predicted octanol–water partition coefficient (Wildman–Crippen LogP) is 21.4. The number of nitrogens with zero attached hydrogens (tertiary/aromatic N) is 2. The van der Waals surface area contributed by atoms with E-state index in [1.54, 1.807) is 11.1 Å². The molecule has 5 unspecified atom stereocenters. The molecule has 20 rings (SSSR count). The van der Waals surface area contributed by atoms with Gasteiger partial charge in [-0.25, -0.2) is 0 Å². The van der Waals surface area contributed by atoms with Crippen molar-refractivity contribution in [2.45, 2.75) is 49.4 Å². The molecule has 4 saturated carbocycles. The Balaban J connectivity index is 0.797. The summed E-state index contributed by atoms with van der Waals surface area (Å²) in [5.41, 5.74) is 28.0. The first-order valence-corrected chi connectivity index (χ1v) is 31.5. The van der Waals surface area contributed by atoms with E-state index >= 15 is 0 Å². The average Bonchev–Trinajstić information content (AvgIpc) is 1.64. The van der Waals surface area contributed by atoms with Crippen LogP contribution in [0.25, 0.3) is 111 Å². The topological polar surface area (TPSA) is 9.86 Å². The van der Waals surface area contributed by atoms with Crippen molar-refractivity contribution in [2.75, 3.05) is 0 Å². The first kappa shape index (κ1) is 48.6. The normalized spacial score (nSPS) is 20.2. The Morgan fingerprint density at radius 3 is 1.48 bits per heavy atom. The van der Waals surface area contributed by atoms with Gasteiger partial charge < -0.3 is 9.13 Å². The molecule has 0 aliphatic heterocycles. The van der Waals surface area contributed by atoms with Crippen LogP contribution < -0.4 is 0 Å². The Bertz CT molecular complexity index is 5050. The molecule has 6 aliphatic carbocycles. The molecule has 5 atom stereocenters. The fraction of sp³-hybridized carbons (Fsp3) is 0.143. The molecule has 86 heavy (non-hydrogen) atoms. The van der Waals surface area contributed by atoms with E-state index in [1.165, 1.54) is 160 Å². The molecule has 2 aromatic heterocycles. The summed E-state index contributed by atoms with van der Waals surface area (Å²) in [6.07, 6.45) is 8.35. The van der Waals surface area contributed by atoms with Crippen LogP contribution in [0.3, 0.4) is 0 Å². The number of fused-ring (bicyclic) bond motifs is 13. The summed E-state index contributed by atoms with van der Waals surface area (Å²) in [5.74, 6) is 3.17. The number of benzene rings is 12. The molecule has 12 aromatic carbocycles. The SMILES string of the molecule is c1ccc(-c2cccc(-n3c4ccccc4c4ccc(-c5ccc6c7ccccc7n(-c7ccc8c(c7)-c7cc(-c9ccc%10c(c9)C9(c%11ccccc%11-%10)C%10CCC%11CC(C%10)CC9C%11)ccc7C8(c7ccccc7)c7ccccc7)c6c5)cc43)c2)cc1. The molecule has 408 valence electrons. The zero-order chi connectivity index (χ0) is 56.2. The van der Waals surface area contributed by atoms with E-state index in [2.05, 4.69) is 288 Å². The van der Waals surface area contributed by atoms with Gasteiger partial charge in [0.15, 0.2) is 0 Å². The highest BCUT2D eigenvalue weighted by Gasteiger charge is 2.59. The highest BCUT2D eigenvalue weighted by atomic mass is 15.0. The third-order valence-electron chi connectivity index (χ3n) is 21.9. The van der Waals surface area contributed by atoms with Gasteiger partial charge in [0.2, 0.25) is 0 Å². The molecule has 0 amide bonds. The summed E-state index contributed by atoms with van der Waals surface area (Å²) in [5, 5.41) is 5.00. The van der Waals surface area contributed by atoms with Crippen molar-refractivity contribution in [3.05, 3.63) is 312 Å². The minimum atomic E-state index is -0.537. The van der Waals surface area contributed by atoms with Gasteiger partial charge >= 0.3 is 0 Å². The van der Waals surface area contributed by atoms with Crippen molar-refractivity contribution in [1.82, 2.24) is 9.13 Å². The zero-order valence-electron chi connectivity index (χ0n) is 48.0. The second-order valence-electron chi connectivity index (χ2n) is 25.9. The lowest BCUT2D eigenvalue weighted by molar-refractivity contribution is 0.0618. The van der Waals surface area contributed by atoms with Gasteiger partial charge in [0.05, 0.1) is 27.5 Å². The van der Waals surface area contributed by atoms with Crippen LogP contribution in [0, 0.1) is 23.7 Å². The zero-order valence-corrected chi connectivity index (χ0v) is 48.0. The maximum atomic E-state index is 2.68. The number of aromatic nitrogens is 2. The van der Waals surface area contributed by atoms with Crippen molar-refractivity contribution in [3.63, 3.8) is 0 Å². The van der Waals surface area contributed by atoms with E-state index in [0.717, 1.165) is 23.2 Å². The van der Waals surface area contributed by atoms with Crippen LogP contribution in [-0.2, 0) is 10.8 Å². The molecule has 0 saturated heterocycles. The quantitative estimate of drug-likeness (QED) is 0.151. The Morgan fingerprint density at radius 1 is 0.267 bits per heavy atom. The van der Waals surface area contributed by atoms with Crippen molar-refractivity contribution in [3.8, 4) is 67.0 Å². The lowest BCUT2D eigenvalue weighted by atomic mass is 9.50. The van der Waals surface area contributed by atoms with Crippen LogP contribution in [0.5, 0.6) is 0 Å². The van der Waals surface area contributed by atoms with Gasteiger partial charge in [0.25, 0.3) is 0 Å². The maximum Gasteiger partial charge on any atom is 0.0713 e. The van der Waals surface area contributed by atoms with Gasteiger partial charge in [-0.2, -0.15) is 0 Å². The summed E-state index contributed by atoms with van der Waals surface area (Å²) < 4.78 is 5.00. The fourth-order valence-electron chi connectivity index (χ4n) is 18.6. The number of para-hydroxylation sites is 2. The molecule has 2 heteroatoms. The largest absolute Gasteiger partial charge is 0.309 e. The Labute approximate surface area is 502 Å². The van der Waals surface area contributed by atoms with Gasteiger partial charge in [0, 0.05) is 38.3 Å². The molecule has 4 fully saturated rings. The first-order chi connectivity index (χ1) is 42.6. The van der Waals surface area contributed by atoms with Crippen LogP contribution in [0.4, 0.5) is 0 Å². The minimum absolute atomic E-state index is 0.0892. The van der Waals surface area contributed by atoms with Crippen molar-refractivity contribution in [2.24, 2.45) is 23.7 Å². The van der Waals surface area contributed by atoms with Crippen LogP contribution in [0.1, 0.15) is 71.9 Å². The third-order valence-corrected chi connectivity index (χ3v) is 21.9. The number of rotatable bonds is 7. The highest BCUT2D eigenvalue weighted by molar-refractivity contribution is 6.12. The lowest BCUT2D eigenvalue weighted by Gasteiger charge is -2.53. The molecule has 4 bridgehead atoms. The maximum absolute atomic E-state index is 2.68. The molecule has 2 heterocycles. The van der Waals surface area contributed by atoms with Crippen LogP contribution in [0.2, 0.25) is 0 Å². The Kier molecular flexibility index (Phi) is 10.4. The van der Waals surface area contributed by atoms with Crippen molar-refractivity contribution < 1.29 is 0 Å². The van der Waals surface area contributed by atoms with E-state index < -0.39 is 5.41 Å². The van der Waals surface area contributed by atoms with E-state index in [0.29, 0.717) is 11.8 Å². The predicted molar refractivity (Wildman–Crippen MR) is 357 cm³/mol. The molecular weight excluding hydrogens is 1040 g/mol. The van der Waals surface area contributed by atoms with E-state index in [-0.39, 0.29) is 5.41 Å². The second-order valence-corrected chi connectivity index (χ2v) is 25.9. The van der Waals surface area contributed by atoms with E-state index in [9.17, 15) is 0 Å². The van der Waals surface area contributed by atoms with Crippen LogP contribution in [-0.4, -0.2) is 9.13 Å². The Morgan fingerprint density at radius 2 is 0.767 bits per heavy atom. The minimum Gasteiger partial charge on any atom is -0.309 e. The van der Waals surface area contributed by atoms with E-state index in [1.807, 2.05) is 0 Å². The molecular formula is C84H62N2. The fourth-order valence-corrected chi connectivity index (χ4v) is 18.6. The van der Waals surface area contributed by atoms with E-state index in [4.69, 9.17) is 0 Å². The van der Waals surface area contributed by atoms with Crippen LogP contribution >= 0.6 is 0 Å². The molecule has 6 aliphatic rings. The van der Waals surface area contributed by atoms with Gasteiger partial charge in [0.1, 0.15) is 0 Å². The molecule has 2 nitrogen and oxygen atoms in total. The highest BCUT2D eigenvalue weighted by Crippen LogP contribution is 2.68. The first-order valence-electron chi connectivity index (χ1n) is 31.5. The van der Waals surface area contributed by atoms with Crippen molar-refractivity contribution in [1.29, 1.82) is 0 Å². The molecule has 1 spiro atoms. The summed E-state index contributed by atoms with van der Waals surface area (Å²) in [6, 6.07) is 107. The molecule has 0 N–H and O–H groups in total. The van der Waals surface area contributed by atoms with Gasteiger partial charge in [-0.3, -0.25) is 0 Å². The number of hydrogen-bond donors (Lipinski definition) is 0. The standard InChI is InChI=1S/C84H62N2/c1-4-17-55(18-5-1)56-19-16-24-65(47-56)85-79-29-14-11-26-69(79)71-39-33-59(50-81(71)85)60-34-40-72-70-27-12-15-30-80(70)86(82(72)51-60)66-37-42-77-74(52-66)73-48-57(35-41-76(73)83(77,61-20-6-2-7-21-61)62-22-8-3-9-23-62)58-32-38-68-67-25-10-13-28-75(67)84(78(68)49-58)63-36-31-53-43-54(45-63)46-64(84)44-53/h1-30,32-35,37-42,47-54,63-64H,31,36,43-46H2. The summed E-state index contributed by atoms with van der Waals surface area (Å²) in [4.78, 5) is 0. The Hall–Kier alpha value is -9.76. The monoisotopic (exact) mass is 1100 g/mol. The molecule has 14 aromatic rings. The molecule has 0 radical (unpaired) electrons. The smallest absolute Gasteiger partial charge is 0.0713 e.